The van der Waals surface area contributed by atoms with E-state index < -0.39 is 0 Å². The Hall–Kier alpha value is -7.82. The van der Waals surface area contributed by atoms with Crippen molar-refractivity contribution in [3.8, 4) is 5.69 Å². The number of hydrogen-bond donors (Lipinski definition) is 0. The van der Waals surface area contributed by atoms with Crippen molar-refractivity contribution in [3.05, 3.63) is 242 Å². The lowest BCUT2D eigenvalue weighted by molar-refractivity contribution is 0.632. The molecular weight excluding hydrogens is 741 g/mol. The summed E-state index contributed by atoms with van der Waals surface area (Å²) in [6.07, 6.45) is 0. The molecule has 0 saturated heterocycles. The fraction of sp³-hybridized carbons (Fsp3) is 0.0526. The van der Waals surface area contributed by atoms with Gasteiger partial charge in [-0.3, -0.25) is 0 Å². The summed E-state index contributed by atoms with van der Waals surface area (Å²) in [4.78, 5) is 7.18. The zero-order valence-electron chi connectivity index (χ0n) is 34.2. The van der Waals surface area contributed by atoms with Gasteiger partial charge in [-0.2, -0.15) is 0 Å². The Morgan fingerprint density at radius 2 is 0.738 bits per heavy atom. The Balaban J connectivity index is 1.17. The van der Waals surface area contributed by atoms with Crippen molar-refractivity contribution >= 4 is 73.0 Å². The molecule has 0 unspecified atom stereocenters. The second-order valence-corrected chi connectivity index (χ2v) is 16.3. The van der Waals surface area contributed by atoms with Gasteiger partial charge in [0.15, 0.2) is 0 Å². The van der Waals surface area contributed by atoms with Gasteiger partial charge in [0.2, 0.25) is 0 Å². The molecule has 1 aromatic heterocycles. The summed E-state index contributed by atoms with van der Waals surface area (Å²) in [6, 6.07) is 83.3. The maximum Gasteiger partial charge on any atom is 0.0542 e. The minimum absolute atomic E-state index is 0.132. The summed E-state index contributed by atoms with van der Waals surface area (Å²) in [5.41, 5.74) is 15.9. The van der Waals surface area contributed by atoms with E-state index in [1.807, 2.05) is 0 Å². The van der Waals surface area contributed by atoms with Crippen molar-refractivity contribution in [1.82, 2.24) is 4.57 Å². The predicted octanol–water partition coefficient (Wildman–Crippen LogP) is 15.8. The average Bonchev–Trinajstić information content (AvgIpc) is 3.65. The second-order valence-electron chi connectivity index (χ2n) is 16.3. The largest absolute Gasteiger partial charge is 0.310 e. The number of para-hydroxylation sites is 7. The number of benzene rings is 9. The molecule has 0 spiro atoms. The van der Waals surface area contributed by atoms with Crippen molar-refractivity contribution in [1.29, 1.82) is 0 Å². The lowest BCUT2D eigenvalue weighted by atomic mass is 9.73. The maximum atomic E-state index is 2.45. The Labute approximate surface area is 357 Å². The third-order valence-corrected chi connectivity index (χ3v) is 12.3. The molecule has 1 aliphatic rings. The topological polar surface area (TPSA) is 14.7 Å². The van der Waals surface area contributed by atoms with Crippen LogP contribution in [0.15, 0.2) is 231 Å². The van der Waals surface area contributed by atoms with Crippen molar-refractivity contribution in [3.63, 3.8) is 0 Å². The molecule has 2 heterocycles. The molecule has 292 valence electrons. The fourth-order valence-electron chi connectivity index (χ4n) is 9.49. The highest BCUT2D eigenvalue weighted by Crippen LogP contribution is 2.52. The molecule has 0 atom stereocenters. The molecule has 0 radical (unpaired) electrons. The number of aromatic nitrogens is 1. The zero-order chi connectivity index (χ0) is 40.9. The minimum atomic E-state index is -0.132. The van der Waals surface area contributed by atoms with Crippen LogP contribution in [0.1, 0.15) is 25.0 Å². The Morgan fingerprint density at radius 1 is 0.328 bits per heavy atom. The highest BCUT2D eigenvalue weighted by Gasteiger charge is 2.36. The van der Waals surface area contributed by atoms with Crippen LogP contribution in [-0.4, -0.2) is 4.57 Å². The molecule has 4 nitrogen and oxygen atoms in total. The van der Waals surface area contributed by atoms with E-state index in [2.05, 4.69) is 264 Å². The van der Waals surface area contributed by atoms with Crippen LogP contribution in [0.2, 0.25) is 0 Å². The molecule has 0 N–H and O–H groups in total. The summed E-state index contributed by atoms with van der Waals surface area (Å²) in [5.74, 6) is 0. The summed E-state index contributed by atoms with van der Waals surface area (Å²) >= 11 is 0. The van der Waals surface area contributed by atoms with Crippen LogP contribution in [0, 0.1) is 0 Å². The van der Waals surface area contributed by atoms with E-state index in [0.717, 1.165) is 56.5 Å². The molecule has 11 rings (SSSR count). The zero-order valence-corrected chi connectivity index (χ0v) is 34.2. The molecule has 9 aromatic carbocycles. The van der Waals surface area contributed by atoms with Gasteiger partial charge in [-0.25, -0.2) is 0 Å². The predicted molar refractivity (Wildman–Crippen MR) is 257 cm³/mol. The monoisotopic (exact) mass is 784 g/mol. The van der Waals surface area contributed by atoms with Gasteiger partial charge >= 0.3 is 0 Å². The smallest absolute Gasteiger partial charge is 0.0542 e. The Kier molecular flexibility index (Phi) is 8.79. The molecule has 0 saturated carbocycles. The van der Waals surface area contributed by atoms with Crippen molar-refractivity contribution in [2.24, 2.45) is 0 Å². The molecule has 1 aliphatic heterocycles. The van der Waals surface area contributed by atoms with Gasteiger partial charge in [-0.1, -0.05) is 141 Å². The molecular formula is C57H44N4. The lowest BCUT2D eigenvalue weighted by Gasteiger charge is -2.42. The van der Waals surface area contributed by atoms with Gasteiger partial charge in [-0.15, -0.1) is 0 Å². The number of hydrogen-bond acceptors (Lipinski definition) is 3. The van der Waals surface area contributed by atoms with Crippen LogP contribution in [0.5, 0.6) is 0 Å². The highest BCUT2D eigenvalue weighted by molar-refractivity contribution is 6.11. The summed E-state index contributed by atoms with van der Waals surface area (Å²) in [7, 11) is 0. The first-order valence-electron chi connectivity index (χ1n) is 21.0. The minimum Gasteiger partial charge on any atom is -0.310 e. The van der Waals surface area contributed by atoms with Gasteiger partial charge in [0.25, 0.3) is 0 Å². The van der Waals surface area contributed by atoms with Crippen LogP contribution >= 0.6 is 0 Å². The fourth-order valence-corrected chi connectivity index (χ4v) is 9.49. The highest BCUT2D eigenvalue weighted by atomic mass is 15.2. The van der Waals surface area contributed by atoms with E-state index in [-0.39, 0.29) is 5.41 Å². The SMILES string of the molecule is CC1(C)c2ccccc2N(c2ccc3c(c2)c2ccccc2n3-c2cc(N(c3ccccc3)c3ccccc3)cc(N(c3ccccc3)c3ccccc3)c2)c2ccccc21. The van der Waals surface area contributed by atoms with E-state index in [0.29, 0.717) is 0 Å². The van der Waals surface area contributed by atoms with E-state index in [4.69, 9.17) is 0 Å². The summed E-state index contributed by atoms with van der Waals surface area (Å²) in [6.45, 7) is 4.68. The normalized spacial score (nSPS) is 12.9. The first kappa shape index (κ1) is 36.3. The van der Waals surface area contributed by atoms with Gasteiger partial charge in [0.1, 0.15) is 0 Å². The van der Waals surface area contributed by atoms with Gasteiger partial charge in [0.05, 0.1) is 39.5 Å². The van der Waals surface area contributed by atoms with E-state index in [9.17, 15) is 0 Å². The van der Waals surface area contributed by atoms with E-state index >= 15 is 0 Å². The molecule has 10 aromatic rings. The van der Waals surface area contributed by atoms with Crippen molar-refractivity contribution < 1.29 is 0 Å². The number of nitrogens with zero attached hydrogens (tertiary/aromatic N) is 4. The molecule has 0 fully saturated rings. The molecule has 0 aliphatic carbocycles. The van der Waals surface area contributed by atoms with Crippen LogP contribution in [0.4, 0.5) is 51.2 Å². The quantitative estimate of drug-likeness (QED) is 0.153. The standard InChI is InChI=1S/C57H44N4/c1-57(2)51-30-16-19-33-55(51)60(56-34-20-17-31-52(56)57)45-35-36-54-50(40-45)49-29-15-18-32-53(49)61(54)48-38-46(58(41-21-7-3-8-22-41)42-23-9-4-10-24-42)37-47(39-48)59(43-25-11-5-12-26-43)44-27-13-6-14-28-44/h3-40H,1-2H3. The van der Waals surface area contributed by atoms with Crippen molar-refractivity contribution in [2.45, 2.75) is 19.3 Å². The third-order valence-electron chi connectivity index (χ3n) is 12.3. The summed E-state index contributed by atoms with van der Waals surface area (Å²) in [5, 5.41) is 2.40. The van der Waals surface area contributed by atoms with Crippen LogP contribution in [0.25, 0.3) is 27.5 Å². The van der Waals surface area contributed by atoms with Crippen molar-refractivity contribution in [2.75, 3.05) is 14.7 Å². The Bertz CT molecular complexity index is 2940. The lowest BCUT2D eigenvalue weighted by Crippen LogP contribution is -2.30. The van der Waals surface area contributed by atoms with Crippen LogP contribution in [-0.2, 0) is 5.41 Å². The summed E-state index contributed by atoms with van der Waals surface area (Å²) < 4.78 is 2.45. The van der Waals surface area contributed by atoms with Crippen LogP contribution < -0.4 is 14.7 Å². The molecule has 4 heteroatoms. The van der Waals surface area contributed by atoms with Crippen LogP contribution in [0.3, 0.4) is 0 Å². The van der Waals surface area contributed by atoms with Gasteiger partial charge in [0, 0.05) is 44.6 Å². The maximum absolute atomic E-state index is 2.45. The third kappa shape index (κ3) is 6.15. The average molecular weight is 785 g/mol. The van der Waals surface area contributed by atoms with E-state index in [1.165, 1.54) is 33.3 Å². The number of rotatable bonds is 8. The number of fused-ring (bicyclic) bond motifs is 5. The first-order chi connectivity index (χ1) is 30.0. The Morgan fingerprint density at radius 3 is 1.23 bits per heavy atom. The molecule has 0 amide bonds. The number of anilines is 9. The molecule has 61 heavy (non-hydrogen) atoms. The first-order valence-corrected chi connectivity index (χ1v) is 21.0. The van der Waals surface area contributed by atoms with Gasteiger partial charge < -0.3 is 19.3 Å². The second kappa shape index (κ2) is 14.8. The van der Waals surface area contributed by atoms with E-state index in [1.54, 1.807) is 0 Å². The molecule has 0 bridgehead atoms. The van der Waals surface area contributed by atoms with Gasteiger partial charge in [-0.05, 0) is 114 Å².